The summed E-state index contributed by atoms with van der Waals surface area (Å²) in [6, 6.07) is -0.953. The first-order chi connectivity index (χ1) is 9.72. The largest absolute Gasteiger partial charge is 0.480 e. The Kier molecular flexibility index (Phi) is 4.72. The zero-order chi connectivity index (χ0) is 16.2. The molecule has 1 atom stereocenters. The second-order valence-corrected chi connectivity index (χ2v) is 3.89. The number of pyridine rings is 1. The third-order valence-corrected chi connectivity index (χ3v) is 2.35. The molecule has 0 spiro atoms. The number of amides is 2. The number of hydrogen-bond donors (Lipinski definition) is 4. The minimum Gasteiger partial charge on any atom is -0.480 e. The van der Waals surface area contributed by atoms with Crippen LogP contribution in [0, 0.1) is 10.1 Å². The first-order valence-corrected chi connectivity index (χ1v) is 5.41. The highest BCUT2D eigenvalue weighted by molar-refractivity contribution is 5.97. The summed E-state index contributed by atoms with van der Waals surface area (Å²) in [6.45, 7) is 0. The molecule has 0 bridgehead atoms. The third-order valence-electron chi connectivity index (χ3n) is 2.35. The van der Waals surface area contributed by atoms with Crippen molar-refractivity contribution in [3.63, 3.8) is 0 Å². The van der Waals surface area contributed by atoms with Crippen molar-refractivity contribution in [2.75, 3.05) is 0 Å². The summed E-state index contributed by atoms with van der Waals surface area (Å²) in [5, 5.41) is 21.3. The SMILES string of the molecule is NC(=O)C[C@@H](NC(=O)c1cc([N+](=O)[O-])c[nH]c1=O)C(=O)O. The number of carboxylic acids is 1. The third kappa shape index (κ3) is 4.12. The number of nitrogens with one attached hydrogen (secondary N) is 2. The van der Waals surface area contributed by atoms with Gasteiger partial charge in [0.15, 0.2) is 0 Å². The predicted molar refractivity (Wildman–Crippen MR) is 66.4 cm³/mol. The van der Waals surface area contributed by atoms with Gasteiger partial charge in [0.05, 0.1) is 17.5 Å². The van der Waals surface area contributed by atoms with Gasteiger partial charge >= 0.3 is 5.97 Å². The second kappa shape index (κ2) is 6.27. The van der Waals surface area contributed by atoms with Gasteiger partial charge in [-0.25, -0.2) is 4.79 Å². The molecule has 5 N–H and O–H groups in total. The van der Waals surface area contributed by atoms with E-state index in [0.717, 1.165) is 6.20 Å². The van der Waals surface area contributed by atoms with Gasteiger partial charge in [-0.05, 0) is 0 Å². The summed E-state index contributed by atoms with van der Waals surface area (Å²) in [6.07, 6.45) is 0.102. The van der Waals surface area contributed by atoms with Crippen molar-refractivity contribution >= 4 is 23.5 Å². The fraction of sp³-hybridized carbons (Fsp3) is 0.200. The number of hydrogen-bond acceptors (Lipinski definition) is 6. The van der Waals surface area contributed by atoms with E-state index in [0.29, 0.717) is 6.07 Å². The van der Waals surface area contributed by atoms with E-state index in [-0.39, 0.29) is 0 Å². The van der Waals surface area contributed by atoms with Crippen molar-refractivity contribution < 1.29 is 24.4 Å². The number of nitrogens with zero attached hydrogens (tertiary/aromatic N) is 1. The van der Waals surface area contributed by atoms with Crippen molar-refractivity contribution in [3.8, 4) is 0 Å². The minimum atomic E-state index is -1.64. The molecule has 11 heteroatoms. The number of aromatic amines is 1. The Morgan fingerprint density at radius 3 is 2.57 bits per heavy atom. The fourth-order valence-electron chi connectivity index (χ4n) is 1.38. The average Bonchev–Trinajstić information content (AvgIpc) is 2.37. The highest BCUT2D eigenvalue weighted by atomic mass is 16.6. The lowest BCUT2D eigenvalue weighted by molar-refractivity contribution is -0.385. The summed E-state index contributed by atoms with van der Waals surface area (Å²) in [7, 11) is 0. The van der Waals surface area contributed by atoms with E-state index in [9.17, 15) is 29.3 Å². The van der Waals surface area contributed by atoms with E-state index in [4.69, 9.17) is 10.8 Å². The first kappa shape index (κ1) is 15.8. The van der Waals surface area contributed by atoms with Crippen LogP contribution in [0.25, 0.3) is 0 Å². The lowest BCUT2D eigenvalue weighted by Gasteiger charge is -2.12. The maximum atomic E-state index is 11.8. The van der Waals surface area contributed by atoms with Crippen LogP contribution in [0.3, 0.4) is 0 Å². The highest BCUT2D eigenvalue weighted by Crippen LogP contribution is 2.08. The van der Waals surface area contributed by atoms with Gasteiger partial charge in [-0.3, -0.25) is 24.5 Å². The molecule has 0 unspecified atom stereocenters. The molecule has 0 radical (unpaired) electrons. The maximum Gasteiger partial charge on any atom is 0.326 e. The maximum absolute atomic E-state index is 11.8. The van der Waals surface area contributed by atoms with Gasteiger partial charge in [0.1, 0.15) is 11.6 Å². The van der Waals surface area contributed by atoms with Crippen molar-refractivity contribution in [3.05, 3.63) is 38.3 Å². The van der Waals surface area contributed by atoms with Gasteiger partial charge in [-0.15, -0.1) is 0 Å². The Bertz CT molecular complexity index is 666. The molecule has 1 aromatic heterocycles. The Morgan fingerprint density at radius 1 is 1.48 bits per heavy atom. The van der Waals surface area contributed by atoms with Crippen LogP contribution < -0.4 is 16.6 Å². The average molecular weight is 298 g/mol. The van der Waals surface area contributed by atoms with Crippen LogP contribution in [0.2, 0.25) is 0 Å². The quantitative estimate of drug-likeness (QED) is 0.357. The van der Waals surface area contributed by atoms with Gasteiger partial charge in [0.2, 0.25) is 5.91 Å². The summed E-state index contributed by atoms with van der Waals surface area (Å²) in [5.41, 5.74) is 2.68. The molecule has 1 rings (SSSR count). The zero-order valence-electron chi connectivity index (χ0n) is 10.4. The monoisotopic (exact) mass is 298 g/mol. The molecule has 112 valence electrons. The number of aliphatic carboxylic acids is 1. The van der Waals surface area contributed by atoms with Crippen LogP contribution in [0.1, 0.15) is 16.8 Å². The predicted octanol–water partition coefficient (Wildman–Crippen LogP) is -1.66. The normalized spacial score (nSPS) is 11.4. The lowest BCUT2D eigenvalue weighted by atomic mass is 10.1. The standard InChI is InChI=1S/C10H10N4O7/c11-7(15)2-6(10(18)19)13-9(17)5-1-4(14(20)21)3-12-8(5)16/h1,3,6H,2H2,(H2,11,15)(H,12,16)(H,13,17)(H,18,19)/t6-/m1/s1. The topological polar surface area (TPSA) is 185 Å². The highest BCUT2D eigenvalue weighted by Gasteiger charge is 2.25. The zero-order valence-corrected chi connectivity index (χ0v) is 10.4. The molecule has 0 aliphatic carbocycles. The minimum absolute atomic E-state index is 0.554. The number of nitrogens with two attached hydrogens (primary N) is 1. The molecular weight excluding hydrogens is 288 g/mol. The fourth-order valence-corrected chi connectivity index (χ4v) is 1.38. The molecule has 11 nitrogen and oxygen atoms in total. The molecule has 0 aromatic carbocycles. The van der Waals surface area contributed by atoms with Crippen LogP contribution in [-0.4, -0.2) is 38.8 Å². The van der Waals surface area contributed by atoms with Crippen molar-refractivity contribution in [2.45, 2.75) is 12.5 Å². The van der Waals surface area contributed by atoms with E-state index in [2.05, 4.69) is 0 Å². The van der Waals surface area contributed by atoms with Gasteiger partial charge in [0, 0.05) is 6.07 Å². The molecule has 2 amide bonds. The summed E-state index contributed by atoms with van der Waals surface area (Å²) in [5.74, 6) is -3.69. The van der Waals surface area contributed by atoms with Crippen molar-refractivity contribution in [2.24, 2.45) is 5.73 Å². The van der Waals surface area contributed by atoms with Crippen LogP contribution in [0.15, 0.2) is 17.1 Å². The number of rotatable bonds is 6. The molecular formula is C10H10N4O7. The number of nitro groups is 1. The summed E-state index contributed by atoms with van der Waals surface area (Å²) < 4.78 is 0. The Balaban J connectivity index is 3.05. The van der Waals surface area contributed by atoms with Gasteiger partial charge in [-0.1, -0.05) is 0 Å². The Morgan fingerprint density at radius 2 is 2.10 bits per heavy atom. The Labute approximate surface area is 115 Å². The van der Waals surface area contributed by atoms with Gasteiger partial charge < -0.3 is 21.1 Å². The van der Waals surface area contributed by atoms with Crippen LogP contribution >= 0.6 is 0 Å². The smallest absolute Gasteiger partial charge is 0.326 e. The molecule has 0 aliphatic rings. The molecule has 0 fully saturated rings. The molecule has 1 heterocycles. The van der Waals surface area contributed by atoms with Crippen molar-refractivity contribution in [1.29, 1.82) is 0 Å². The number of H-pyrrole nitrogens is 1. The van der Waals surface area contributed by atoms with Gasteiger partial charge in [-0.2, -0.15) is 0 Å². The molecule has 0 aliphatic heterocycles. The van der Waals surface area contributed by atoms with Crippen LogP contribution in [-0.2, 0) is 9.59 Å². The summed E-state index contributed by atoms with van der Waals surface area (Å²) >= 11 is 0. The van der Waals surface area contributed by atoms with E-state index >= 15 is 0 Å². The summed E-state index contributed by atoms with van der Waals surface area (Å²) in [4.78, 5) is 56.4. The Hall–Kier alpha value is -3.24. The van der Waals surface area contributed by atoms with E-state index < -0.39 is 52.0 Å². The number of carbonyl (C=O) groups is 3. The van der Waals surface area contributed by atoms with Gasteiger partial charge in [0.25, 0.3) is 17.2 Å². The van der Waals surface area contributed by atoms with Crippen molar-refractivity contribution in [1.82, 2.24) is 10.3 Å². The number of carbonyl (C=O) groups excluding carboxylic acids is 2. The number of aromatic nitrogens is 1. The van der Waals surface area contributed by atoms with Crippen LogP contribution in [0.4, 0.5) is 5.69 Å². The van der Waals surface area contributed by atoms with E-state index in [1.807, 2.05) is 10.3 Å². The lowest BCUT2D eigenvalue weighted by Crippen LogP contribution is -2.44. The van der Waals surface area contributed by atoms with Crippen LogP contribution in [0.5, 0.6) is 0 Å². The van der Waals surface area contributed by atoms with E-state index in [1.54, 1.807) is 0 Å². The first-order valence-electron chi connectivity index (χ1n) is 5.41. The second-order valence-electron chi connectivity index (χ2n) is 3.89. The molecule has 1 aromatic rings. The molecule has 0 saturated carbocycles. The number of primary amides is 1. The molecule has 21 heavy (non-hydrogen) atoms. The van der Waals surface area contributed by atoms with E-state index in [1.165, 1.54) is 0 Å². The number of carboxylic acid groups (broad SMARTS) is 1. The molecule has 0 saturated heterocycles.